The predicted octanol–water partition coefficient (Wildman–Crippen LogP) is 7.30. The van der Waals surface area contributed by atoms with Gasteiger partial charge in [-0.25, -0.2) is 4.98 Å². The number of hydrogen-bond donors (Lipinski definition) is 0. The molecule has 0 saturated carbocycles. The van der Waals surface area contributed by atoms with Crippen LogP contribution in [0.2, 0.25) is 0 Å². The first-order chi connectivity index (χ1) is 13.2. The summed E-state index contributed by atoms with van der Waals surface area (Å²) in [5.41, 5.74) is 3.32. The van der Waals surface area contributed by atoms with Gasteiger partial charge in [0.15, 0.2) is 5.13 Å². The van der Waals surface area contributed by atoms with E-state index < -0.39 is 0 Å². The van der Waals surface area contributed by atoms with E-state index in [1.54, 1.807) is 18.4 Å². The molecule has 0 fully saturated rings. The average Bonchev–Trinajstić information content (AvgIpc) is 3.18. The van der Waals surface area contributed by atoms with Crippen molar-refractivity contribution >= 4 is 38.1 Å². The molecular weight excluding hydrogens is 420 g/mol. The summed E-state index contributed by atoms with van der Waals surface area (Å²) in [7, 11) is 1.70. The van der Waals surface area contributed by atoms with Crippen molar-refractivity contribution in [3.05, 3.63) is 58.4 Å². The molecular formula is C22H25BrN2OS. The number of ether oxygens (including phenoxy) is 1. The number of benzene rings is 2. The molecule has 0 spiro atoms. The Hall–Kier alpha value is -1.85. The van der Waals surface area contributed by atoms with E-state index in [2.05, 4.69) is 76.5 Å². The van der Waals surface area contributed by atoms with Gasteiger partial charge in [-0.1, -0.05) is 48.3 Å². The van der Waals surface area contributed by atoms with Gasteiger partial charge in [-0.2, -0.15) is 0 Å². The lowest BCUT2D eigenvalue weighted by atomic mass is 10.1. The average molecular weight is 445 g/mol. The number of aromatic nitrogens is 1. The summed E-state index contributed by atoms with van der Waals surface area (Å²) in [6.07, 6.45) is 3.36. The number of halogens is 1. The number of hydrogen-bond acceptors (Lipinski definition) is 4. The minimum Gasteiger partial charge on any atom is -0.497 e. The quantitative estimate of drug-likeness (QED) is 0.364. The highest BCUT2D eigenvalue weighted by atomic mass is 79.9. The third kappa shape index (κ3) is 4.71. The zero-order valence-corrected chi connectivity index (χ0v) is 18.4. The summed E-state index contributed by atoms with van der Waals surface area (Å²) < 4.78 is 6.40. The summed E-state index contributed by atoms with van der Waals surface area (Å²) in [4.78, 5) is 7.36. The van der Waals surface area contributed by atoms with Crippen molar-refractivity contribution in [2.75, 3.05) is 12.0 Å². The maximum absolute atomic E-state index is 5.33. The molecule has 0 aliphatic rings. The molecule has 1 unspecified atom stereocenters. The van der Waals surface area contributed by atoms with Crippen molar-refractivity contribution in [2.24, 2.45) is 0 Å². The molecule has 1 aromatic heterocycles. The normalized spacial score (nSPS) is 12.0. The Balaban J connectivity index is 1.98. The molecule has 3 nitrogen and oxygen atoms in total. The van der Waals surface area contributed by atoms with Crippen molar-refractivity contribution in [1.29, 1.82) is 0 Å². The maximum Gasteiger partial charge on any atom is 0.190 e. The summed E-state index contributed by atoms with van der Waals surface area (Å²) in [6, 6.07) is 17.0. The third-order valence-electron chi connectivity index (χ3n) is 4.65. The van der Waals surface area contributed by atoms with E-state index in [1.807, 2.05) is 12.1 Å². The number of nitrogens with zero attached hydrogens (tertiary/aromatic N) is 2. The first-order valence-corrected chi connectivity index (χ1v) is 11.0. The van der Waals surface area contributed by atoms with Gasteiger partial charge >= 0.3 is 0 Å². The second-order valence-electron chi connectivity index (χ2n) is 6.44. The van der Waals surface area contributed by atoms with Crippen molar-refractivity contribution in [3.8, 4) is 17.0 Å². The summed E-state index contributed by atoms with van der Waals surface area (Å²) in [5, 5.41) is 3.19. The fourth-order valence-corrected chi connectivity index (χ4v) is 4.39. The molecule has 3 rings (SSSR count). The molecule has 0 aliphatic carbocycles. The largest absolute Gasteiger partial charge is 0.497 e. The third-order valence-corrected chi connectivity index (χ3v) is 6.02. The fourth-order valence-electron chi connectivity index (χ4n) is 3.20. The topological polar surface area (TPSA) is 25.4 Å². The smallest absolute Gasteiger partial charge is 0.190 e. The van der Waals surface area contributed by atoms with Crippen molar-refractivity contribution < 1.29 is 4.74 Å². The molecule has 0 N–H and O–H groups in total. The predicted molar refractivity (Wildman–Crippen MR) is 119 cm³/mol. The van der Waals surface area contributed by atoms with Crippen LogP contribution in [0.3, 0.4) is 0 Å². The van der Waals surface area contributed by atoms with Gasteiger partial charge in [0.2, 0.25) is 0 Å². The highest BCUT2D eigenvalue weighted by molar-refractivity contribution is 9.10. The van der Waals surface area contributed by atoms with Gasteiger partial charge in [-0.3, -0.25) is 0 Å². The second-order valence-corrected chi connectivity index (χ2v) is 8.19. The summed E-state index contributed by atoms with van der Waals surface area (Å²) >= 11 is 5.20. The van der Waals surface area contributed by atoms with Crippen LogP contribution in [0, 0.1) is 0 Å². The second kappa shape index (κ2) is 9.38. The Morgan fingerprint density at radius 1 is 1.07 bits per heavy atom. The van der Waals surface area contributed by atoms with Crippen molar-refractivity contribution in [2.45, 2.75) is 39.2 Å². The van der Waals surface area contributed by atoms with Gasteiger partial charge in [0.25, 0.3) is 0 Å². The van der Waals surface area contributed by atoms with E-state index in [1.165, 1.54) is 0 Å². The van der Waals surface area contributed by atoms with Gasteiger partial charge in [0, 0.05) is 27.1 Å². The van der Waals surface area contributed by atoms with Gasteiger partial charge in [-0.05, 0) is 49.2 Å². The minimum absolute atomic E-state index is 0.423. The molecule has 0 bridgehead atoms. The lowest BCUT2D eigenvalue weighted by Gasteiger charge is -2.31. The Morgan fingerprint density at radius 2 is 1.78 bits per heavy atom. The first-order valence-electron chi connectivity index (χ1n) is 9.31. The Kier molecular flexibility index (Phi) is 6.91. The van der Waals surface area contributed by atoms with Crippen LogP contribution in [0.5, 0.6) is 5.75 Å². The lowest BCUT2D eigenvalue weighted by molar-refractivity contribution is 0.415. The molecule has 0 amide bonds. The summed E-state index contributed by atoms with van der Waals surface area (Å²) in [5.74, 6) is 0.872. The molecule has 0 radical (unpaired) electrons. The molecule has 142 valence electrons. The van der Waals surface area contributed by atoms with Crippen LogP contribution in [0.25, 0.3) is 11.3 Å². The van der Waals surface area contributed by atoms with Crippen LogP contribution in [-0.4, -0.2) is 18.1 Å². The Labute approximate surface area is 174 Å². The number of methoxy groups -OCH3 is 1. The van der Waals surface area contributed by atoms with Gasteiger partial charge in [0.05, 0.1) is 12.8 Å². The molecule has 1 heterocycles. The van der Waals surface area contributed by atoms with Crippen LogP contribution < -0.4 is 9.64 Å². The van der Waals surface area contributed by atoms with Crippen LogP contribution >= 0.6 is 27.3 Å². The Bertz CT molecular complexity index is 846. The highest BCUT2D eigenvalue weighted by Crippen LogP contribution is 2.36. The van der Waals surface area contributed by atoms with Crippen LogP contribution in [0.15, 0.2) is 58.4 Å². The van der Waals surface area contributed by atoms with E-state index in [0.717, 1.165) is 51.6 Å². The van der Waals surface area contributed by atoms with Crippen molar-refractivity contribution in [1.82, 2.24) is 4.98 Å². The van der Waals surface area contributed by atoms with Gasteiger partial charge in [-0.15, -0.1) is 11.3 Å². The molecule has 1 atom stereocenters. The maximum atomic E-state index is 5.33. The van der Waals surface area contributed by atoms with E-state index in [4.69, 9.17) is 9.72 Å². The van der Waals surface area contributed by atoms with E-state index in [0.29, 0.717) is 6.04 Å². The van der Waals surface area contributed by atoms with Gasteiger partial charge in [0.1, 0.15) is 5.75 Å². The van der Waals surface area contributed by atoms with Crippen molar-refractivity contribution in [3.63, 3.8) is 0 Å². The van der Waals surface area contributed by atoms with Crippen LogP contribution in [0.1, 0.15) is 33.1 Å². The lowest BCUT2D eigenvalue weighted by Crippen LogP contribution is -2.30. The Morgan fingerprint density at radius 3 is 2.37 bits per heavy atom. The van der Waals surface area contributed by atoms with E-state index in [-0.39, 0.29) is 0 Å². The number of anilines is 2. The highest BCUT2D eigenvalue weighted by Gasteiger charge is 2.22. The molecule has 0 aliphatic heterocycles. The zero-order valence-electron chi connectivity index (χ0n) is 16.0. The number of rotatable bonds is 8. The minimum atomic E-state index is 0.423. The SMILES string of the molecule is CCCC(CC)N(c1ccc(OC)cc1)c1nc(-c2ccc(Br)cc2)cs1. The molecule has 3 aromatic rings. The monoisotopic (exact) mass is 444 g/mol. The molecule has 2 aromatic carbocycles. The van der Waals surface area contributed by atoms with E-state index in [9.17, 15) is 0 Å². The van der Waals surface area contributed by atoms with Crippen LogP contribution in [-0.2, 0) is 0 Å². The molecule has 0 saturated heterocycles. The summed E-state index contributed by atoms with van der Waals surface area (Å²) in [6.45, 7) is 4.49. The van der Waals surface area contributed by atoms with Crippen LogP contribution in [0.4, 0.5) is 10.8 Å². The van der Waals surface area contributed by atoms with E-state index >= 15 is 0 Å². The molecule has 27 heavy (non-hydrogen) atoms. The first kappa shape index (κ1) is 19.9. The fraction of sp³-hybridized carbons (Fsp3) is 0.318. The number of thiazole rings is 1. The van der Waals surface area contributed by atoms with Gasteiger partial charge < -0.3 is 9.64 Å². The zero-order chi connectivity index (χ0) is 19.2. The molecule has 5 heteroatoms. The standard InChI is InChI=1S/C22H25BrN2OS/c1-4-6-18(5-2)25(19-11-13-20(26-3)14-12-19)22-24-21(15-27-22)16-7-9-17(23)10-8-16/h7-15,18H,4-6H2,1-3H3.